The van der Waals surface area contributed by atoms with Crippen molar-refractivity contribution in [3.05, 3.63) is 23.8 Å². The molecule has 0 saturated heterocycles. The Morgan fingerprint density at radius 1 is 1.30 bits per heavy atom. The average Bonchev–Trinajstić information content (AvgIpc) is 2.63. The molecule has 1 fully saturated rings. The van der Waals surface area contributed by atoms with E-state index in [-0.39, 0.29) is 11.9 Å². The minimum absolute atomic E-state index is 0.0892. The third kappa shape index (κ3) is 3.65. The molecule has 1 amide bonds. The summed E-state index contributed by atoms with van der Waals surface area (Å²) in [7, 11) is 1.57. The van der Waals surface area contributed by atoms with Gasteiger partial charge in [-0.3, -0.25) is 4.79 Å². The average molecular weight is 276 g/mol. The molecule has 1 aromatic rings. The number of hydrogen-bond donors (Lipinski definition) is 2. The van der Waals surface area contributed by atoms with Gasteiger partial charge in [0.2, 0.25) is 0 Å². The van der Waals surface area contributed by atoms with Gasteiger partial charge < -0.3 is 15.8 Å². The van der Waals surface area contributed by atoms with Gasteiger partial charge in [-0.25, -0.2) is 0 Å². The first kappa shape index (κ1) is 14.7. The molecule has 2 atom stereocenters. The van der Waals surface area contributed by atoms with Crippen molar-refractivity contribution >= 4 is 11.6 Å². The molecule has 1 saturated carbocycles. The highest BCUT2D eigenvalue weighted by Crippen LogP contribution is 2.24. The predicted octanol–water partition coefficient (Wildman–Crippen LogP) is 2.98. The standard InChI is InChI=1S/C16H24N2O2/c1-11-4-3-5-13(8-6-11)18-16(19)14-10-12(17)7-9-15(14)20-2/h7,9-11,13H,3-6,8,17H2,1-2H3,(H,18,19). The molecule has 1 aliphatic carbocycles. The quantitative estimate of drug-likeness (QED) is 0.659. The second-order valence-electron chi connectivity index (χ2n) is 5.74. The van der Waals surface area contributed by atoms with E-state index in [0.717, 1.165) is 18.8 Å². The summed E-state index contributed by atoms with van der Waals surface area (Å²) in [5.74, 6) is 1.24. The molecule has 1 aliphatic rings. The fraction of sp³-hybridized carbons (Fsp3) is 0.562. The van der Waals surface area contributed by atoms with E-state index < -0.39 is 0 Å². The van der Waals surface area contributed by atoms with Gasteiger partial charge in [-0.15, -0.1) is 0 Å². The number of hydrogen-bond acceptors (Lipinski definition) is 3. The summed E-state index contributed by atoms with van der Waals surface area (Å²) in [4.78, 5) is 12.4. The number of anilines is 1. The van der Waals surface area contributed by atoms with E-state index in [0.29, 0.717) is 17.0 Å². The van der Waals surface area contributed by atoms with Gasteiger partial charge in [-0.1, -0.05) is 19.8 Å². The molecule has 0 spiro atoms. The fourth-order valence-corrected chi connectivity index (χ4v) is 2.80. The lowest BCUT2D eigenvalue weighted by atomic mass is 10.0. The van der Waals surface area contributed by atoms with Crippen molar-refractivity contribution < 1.29 is 9.53 Å². The lowest BCUT2D eigenvalue weighted by Crippen LogP contribution is -2.34. The van der Waals surface area contributed by atoms with Crippen molar-refractivity contribution in [2.75, 3.05) is 12.8 Å². The predicted molar refractivity (Wildman–Crippen MR) is 80.9 cm³/mol. The van der Waals surface area contributed by atoms with Gasteiger partial charge in [0, 0.05) is 11.7 Å². The highest BCUT2D eigenvalue weighted by atomic mass is 16.5. The molecule has 0 aromatic heterocycles. The smallest absolute Gasteiger partial charge is 0.255 e. The number of ether oxygens (including phenoxy) is 1. The van der Waals surface area contributed by atoms with Crippen molar-refractivity contribution in [3.63, 3.8) is 0 Å². The van der Waals surface area contributed by atoms with Crippen LogP contribution in [0.25, 0.3) is 0 Å². The number of rotatable bonds is 3. The summed E-state index contributed by atoms with van der Waals surface area (Å²) in [5.41, 5.74) is 6.85. The molecular formula is C16H24N2O2. The van der Waals surface area contributed by atoms with Gasteiger partial charge in [-0.2, -0.15) is 0 Å². The van der Waals surface area contributed by atoms with Crippen LogP contribution in [0.1, 0.15) is 49.4 Å². The molecular weight excluding hydrogens is 252 g/mol. The summed E-state index contributed by atoms with van der Waals surface area (Å²) >= 11 is 0. The van der Waals surface area contributed by atoms with Crippen LogP contribution < -0.4 is 15.8 Å². The second kappa shape index (κ2) is 6.64. The van der Waals surface area contributed by atoms with Crippen LogP contribution in [0.15, 0.2) is 18.2 Å². The van der Waals surface area contributed by atoms with Crippen LogP contribution in [0.5, 0.6) is 5.75 Å². The minimum atomic E-state index is -0.0892. The topological polar surface area (TPSA) is 64.3 Å². The molecule has 1 aromatic carbocycles. The van der Waals surface area contributed by atoms with Crippen LogP contribution in [-0.2, 0) is 0 Å². The zero-order valence-electron chi connectivity index (χ0n) is 12.3. The molecule has 2 unspecified atom stereocenters. The van der Waals surface area contributed by atoms with E-state index in [1.807, 2.05) is 0 Å². The third-order valence-electron chi connectivity index (χ3n) is 4.06. The SMILES string of the molecule is COc1ccc(N)cc1C(=O)NC1CCCC(C)CC1. The maximum absolute atomic E-state index is 12.4. The number of nitrogens with two attached hydrogens (primary N) is 1. The lowest BCUT2D eigenvalue weighted by Gasteiger charge is -2.17. The fourth-order valence-electron chi connectivity index (χ4n) is 2.80. The molecule has 20 heavy (non-hydrogen) atoms. The Hall–Kier alpha value is -1.71. The molecule has 2 rings (SSSR count). The van der Waals surface area contributed by atoms with Gasteiger partial charge in [-0.05, 0) is 43.4 Å². The summed E-state index contributed by atoms with van der Waals surface area (Å²) in [5, 5.41) is 3.12. The van der Waals surface area contributed by atoms with E-state index in [2.05, 4.69) is 12.2 Å². The van der Waals surface area contributed by atoms with E-state index in [4.69, 9.17) is 10.5 Å². The zero-order valence-corrected chi connectivity index (χ0v) is 12.3. The number of nitrogens with one attached hydrogen (secondary N) is 1. The Kier molecular flexibility index (Phi) is 4.88. The van der Waals surface area contributed by atoms with Crippen LogP contribution in [0, 0.1) is 5.92 Å². The van der Waals surface area contributed by atoms with Gasteiger partial charge in [0.1, 0.15) is 5.75 Å². The normalized spacial score (nSPS) is 22.9. The summed E-state index contributed by atoms with van der Waals surface area (Å²) < 4.78 is 5.24. The van der Waals surface area contributed by atoms with Crippen molar-refractivity contribution in [1.29, 1.82) is 0 Å². The second-order valence-corrected chi connectivity index (χ2v) is 5.74. The molecule has 0 radical (unpaired) electrons. The van der Waals surface area contributed by atoms with Gasteiger partial charge >= 0.3 is 0 Å². The highest BCUT2D eigenvalue weighted by Gasteiger charge is 2.20. The molecule has 3 N–H and O–H groups in total. The van der Waals surface area contributed by atoms with E-state index >= 15 is 0 Å². The summed E-state index contributed by atoms with van der Waals surface area (Å²) in [6, 6.07) is 5.41. The lowest BCUT2D eigenvalue weighted by molar-refractivity contribution is 0.0930. The first-order chi connectivity index (χ1) is 9.60. The number of carbonyl (C=O) groups is 1. The number of amides is 1. The molecule has 0 aliphatic heterocycles. The number of carbonyl (C=O) groups excluding carboxylic acids is 1. The van der Waals surface area contributed by atoms with Crippen molar-refractivity contribution in [3.8, 4) is 5.75 Å². The Bertz CT molecular complexity index is 474. The van der Waals surface area contributed by atoms with E-state index in [1.165, 1.54) is 19.3 Å². The van der Waals surface area contributed by atoms with Gasteiger partial charge in [0.05, 0.1) is 12.7 Å². The highest BCUT2D eigenvalue weighted by molar-refractivity contribution is 5.98. The Labute approximate surface area is 120 Å². The summed E-state index contributed by atoms with van der Waals surface area (Å²) in [6.45, 7) is 2.28. The molecule has 110 valence electrons. The van der Waals surface area contributed by atoms with Gasteiger partial charge in [0.15, 0.2) is 0 Å². The maximum atomic E-state index is 12.4. The number of methoxy groups -OCH3 is 1. The third-order valence-corrected chi connectivity index (χ3v) is 4.06. The van der Waals surface area contributed by atoms with Crippen LogP contribution in [0.4, 0.5) is 5.69 Å². The first-order valence-electron chi connectivity index (χ1n) is 7.34. The zero-order chi connectivity index (χ0) is 14.5. The first-order valence-corrected chi connectivity index (χ1v) is 7.34. The van der Waals surface area contributed by atoms with Crippen LogP contribution in [0.2, 0.25) is 0 Å². The van der Waals surface area contributed by atoms with Crippen LogP contribution in [0.3, 0.4) is 0 Å². The van der Waals surface area contributed by atoms with E-state index in [9.17, 15) is 4.79 Å². The monoisotopic (exact) mass is 276 g/mol. The number of nitrogen functional groups attached to an aromatic ring is 1. The Morgan fingerprint density at radius 2 is 2.10 bits per heavy atom. The van der Waals surface area contributed by atoms with Gasteiger partial charge in [0.25, 0.3) is 5.91 Å². The summed E-state index contributed by atoms with van der Waals surface area (Å²) in [6.07, 6.45) is 5.73. The molecule has 4 heteroatoms. The Morgan fingerprint density at radius 3 is 2.85 bits per heavy atom. The molecule has 4 nitrogen and oxygen atoms in total. The van der Waals surface area contributed by atoms with Crippen molar-refractivity contribution in [2.24, 2.45) is 5.92 Å². The minimum Gasteiger partial charge on any atom is -0.496 e. The molecule has 0 bridgehead atoms. The van der Waals surface area contributed by atoms with Crippen LogP contribution >= 0.6 is 0 Å². The number of benzene rings is 1. The van der Waals surface area contributed by atoms with Crippen LogP contribution in [-0.4, -0.2) is 19.1 Å². The van der Waals surface area contributed by atoms with Crippen molar-refractivity contribution in [2.45, 2.75) is 45.1 Å². The van der Waals surface area contributed by atoms with E-state index in [1.54, 1.807) is 25.3 Å². The molecule has 0 heterocycles. The Balaban J connectivity index is 2.06. The maximum Gasteiger partial charge on any atom is 0.255 e. The largest absolute Gasteiger partial charge is 0.496 e. The van der Waals surface area contributed by atoms with Crippen molar-refractivity contribution in [1.82, 2.24) is 5.32 Å².